The van der Waals surface area contributed by atoms with Crippen LogP contribution in [0.3, 0.4) is 0 Å². The quantitative estimate of drug-likeness (QED) is 0.678. The molecule has 0 saturated heterocycles. The van der Waals surface area contributed by atoms with Crippen molar-refractivity contribution < 1.29 is 0 Å². The number of rotatable bonds is 1. The Balaban J connectivity index is 2.68. The summed E-state index contributed by atoms with van der Waals surface area (Å²) in [5, 5.41) is 0.859. The van der Waals surface area contributed by atoms with Gasteiger partial charge < -0.3 is 0 Å². The lowest BCUT2D eigenvalue weighted by Gasteiger charge is -2.20. The maximum atomic E-state index is 6.16. The van der Waals surface area contributed by atoms with Gasteiger partial charge in [0.05, 0.1) is 15.2 Å². The Kier molecular flexibility index (Phi) is 4.14. The molecule has 0 fully saturated rings. The number of aromatic nitrogens is 3. The zero-order chi connectivity index (χ0) is 14.2. The summed E-state index contributed by atoms with van der Waals surface area (Å²) in [7, 11) is 0. The van der Waals surface area contributed by atoms with E-state index in [0.29, 0.717) is 26.2 Å². The third kappa shape index (κ3) is 3.07. The fourth-order valence-corrected chi connectivity index (χ4v) is 2.72. The van der Waals surface area contributed by atoms with E-state index in [0.717, 1.165) is 5.69 Å². The summed E-state index contributed by atoms with van der Waals surface area (Å²) in [6.07, 6.45) is 1.65. The molecule has 0 radical (unpaired) electrons. The maximum absolute atomic E-state index is 6.16. The van der Waals surface area contributed by atoms with E-state index < -0.39 is 0 Å². The minimum Gasteiger partial charge on any atom is -0.251 e. The van der Waals surface area contributed by atoms with Gasteiger partial charge in [0.1, 0.15) is 10.8 Å². The van der Waals surface area contributed by atoms with Crippen molar-refractivity contribution in [3.63, 3.8) is 0 Å². The van der Waals surface area contributed by atoms with E-state index in [9.17, 15) is 0 Å². The van der Waals surface area contributed by atoms with Gasteiger partial charge in [-0.2, -0.15) is 0 Å². The van der Waals surface area contributed by atoms with Crippen LogP contribution in [0.25, 0.3) is 11.5 Å². The van der Waals surface area contributed by atoms with Gasteiger partial charge in [0.2, 0.25) is 0 Å². The van der Waals surface area contributed by atoms with Crippen molar-refractivity contribution in [2.45, 2.75) is 26.2 Å². The minimum absolute atomic E-state index is 0.165. The van der Waals surface area contributed by atoms with Gasteiger partial charge in [-0.1, -0.05) is 44.0 Å². The zero-order valence-electron chi connectivity index (χ0n) is 10.7. The van der Waals surface area contributed by atoms with Crippen molar-refractivity contribution in [2.75, 3.05) is 0 Å². The molecule has 0 N–H and O–H groups in total. The molecule has 0 aliphatic heterocycles. The molecule has 0 aliphatic carbocycles. The first-order valence-electron chi connectivity index (χ1n) is 5.65. The van der Waals surface area contributed by atoms with Crippen molar-refractivity contribution in [1.29, 1.82) is 0 Å². The first-order valence-corrected chi connectivity index (χ1v) is 7.20. The van der Waals surface area contributed by atoms with Crippen molar-refractivity contribution in [1.82, 2.24) is 15.0 Å². The summed E-state index contributed by atoms with van der Waals surface area (Å²) in [4.78, 5) is 13.0. The average molecular weight is 361 g/mol. The van der Waals surface area contributed by atoms with Gasteiger partial charge in [-0.05, 0) is 28.1 Å². The molecular weight excluding hydrogens is 349 g/mol. The van der Waals surface area contributed by atoms with Gasteiger partial charge in [-0.25, -0.2) is 9.97 Å². The molecule has 19 heavy (non-hydrogen) atoms. The standard InChI is InChI=1S/C13H12BrCl2N3/c1-13(2,3)10-8(14)11(16)19-12(18-10)9-7(15)5-4-6-17-9/h4-6H,1-3H3. The van der Waals surface area contributed by atoms with Crippen molar-refractivity contribution in [2.24, 2.45) is 0 Å². The Bertz CT molecular complexity index is 624. The van der Waals surface area contributed by atoms with Crippen LogP contribution in [-0.2, 0) is 5.41 Å². The number of pyridine rings is 1. The number of hydrogen-bond acceptors (Lipinski definition) is 3. The summed E-state index contributed by atoms with van der Waals surface area (Å²) in [6, 6.07) is 3.51. The Morgan fingerprint density at radius 2 is 1.84 bits per heavy atom. The average Bonchev–Trinajstić information content (AvgIpc) is 2.31. The van der Waals surface area contributed by atoms with Crippen LogP contribution in [0.15, 0.2) is 22.8 Å². The first kappa shape index (κ1) is 14.7. The summed E-state index contributed by atoms with van der Waals surface area (Å²) >= 11 is 15.7. The Morgan fingerprint density at radius 1 is 1.16 bits per heavy atom. The predicted octanol–water partition coefficient (Wildman–Crippen LogP) is 4.91. The van der Waals surface area contributed by atoms with Gasteiger partial charge in [0.15, 0.2) is 5.82 Å². The molecule has 2 aromatic rings. The normalized spacial score (nSPS) is 11.7. The third-order valence-corrected chi connectivity index (χ3v) is 4.05. The lowest BCUT2D eigenvalue weighted by Crippen LogP contribution is -2.16. The largest absolute Gasteiger partial charge is 0.251 e. The molecule has 2 rings (SSSR count). The number of nitrogens with zero attached hydrogens (tertiary/aromatic N) is 3. The van der Waals surface area contributed by atoms with E-state index in [1.165, 1.54) is 0 Å². The van der Waals surface area contributed by atoms with Crippen LogP contribution in [0.1, 0.15) is 26.5 Å². The first-order chi connectivity index (χ1) is 8.80. The molecule has 0 amide bonds. The molecule has 0 spiro atoms. The Hall–Kier alpha value is -0.710. The third-order valence-electron chi connectivity index (χ3n) is 2.49. The van der Waals surface area contributed by atoms with Gasteiger partial charge in [0.25, 0.3) is 0 Å². The molecule has 0 unspecified atom stereocenters. The Labute approximate surface area is 130 Å². The fourth-order valence-electron chi connectivity index (χ4n) is 1.57. The summed E-state index contributed by atoms with van der Waals surface area (Å²) < 4.78 is 0.706. The molecule has 0 atom stereocenters. The second-order valence-corrected chi connectivity index (χ2v) is 6.64. The smallest absolute Gasteiger partial charge is 0.181 e. The second-order valence-electron chi connectivity index (χ2n) is 5.08. The van der Waals surface area contributed by atoms with Crippen LogP contribution in [0.2, 0.25) is 10.2 Å². The highest BCUT2D eigenvalue weighted by atomic mass is 79.9. The fraction of sp³-hybridized carbons (Fsp3) is 0.308. The maximum Gasteiger partial charge on any atom is 0.181 e. The summed E-state index contributed by atoms with van der Waals surface area (Å²) in [5.41, 5.74) is 1.19. The molecule has 3 nitrogen and oxygen atoms in total. The van der Waals surface area contributed by atoms with Crippen LogP contribution >= 0.6 is 39.1 Å². The number of halogens is 3. The highest BCUT2D eigenvalue weighted by Crippen LogP contribution is 2.34. The lowest BCUT2D eigenvalue weighted by molar-refractivity contribution is 0.564. The Morgan fingerprint density at radius 3 is 2.42 bits per heavy atom. The van der Waals surface area contributed by atoms with E-state index >= 15 is 0 Å². The van der Waals surface area contributed by atoms with E-state index in [-0.39, 0.29) is 5.41 Å². The van der Waals surface area contributed by atoms with E-state index in [4.69, 9.17) is 23.2 Å². The zero-order valence-corrected chi connectivity index (χ0v) is 13.8. The second kappa shape index (κ2) is 5.35. The predicted molar refractivity (Wildman–Crippen MR) is 81.7 cm³/mol. The van der Waals surface area contributed by atoms with Crippen LogP contribution in [0.4, 0.5) is 0 Å². The molecule has 0 saturated carbocycles. The van der Waals surface area contributed by atoms with E-state index in [2.05, 4.69) is 51.7 Å². The highest BCUT2D eigenvalue weighted by molar-refractivity contribution is 9.10. The molecular formula is C13H12BrCl2N3. The minimum atomic E-state index is -0.165. The van der Waals surface area contributed by atoms with Crippen LogP contribution in [0, 0.1) is 0 Å². The molecule has 2 aromatic heterocycles. The number of hydrogen-bond donors (Lipinski definition) is 0. The van der Waals surface area contributed by atoms with Crippen LogP contribution < -0.4 is 0 Å². The molecule has 6 heteroatoms. The van der Waals surface area contributed by atoms with Crippen molar-refractivity contribution in [3.8, 4) is 11.5 Å². The summed E-state index contributed by atoms with van der Waals surface area (Å²) in [6.45, 7) is 6.17. The molecule has 0 aliphatic rings. The molecule has 0 bridgehead atoms. The van der Waals surface area contributed by atoms with Gasteiger partial charge in [0, 0.05) is 11.6 Å². The monoisotopic (exact) mass is 359 g/mol. The molecule has 2 heterocycles. The van der Waals surface area contributed by atoms with Crippen molar-refractivity contribution >= 4 is 39.1 Å². The van der Waals surface area contributed by atoms with E-state index in [1.807, 2.05) is 0 Å². The van der Waals surface area contributed by atoms with Gasteiger partial charge in [-0.15, -0.1) is 0 Å². The van der Waals surface area contributed by atoms with Crippen LogP contribution in [0.5, 0.6) is 0 Å². The van der Waals surface area contributed by atoms with Gasteiger partial charge in [-0.3, -0.25) is 4.98 Å². The van der Waals surface area contributed by atoms with Gasteiger partial charge >= 0.3 is 0 Å². The summed E-state index contributed by atoms with van der Waals surface area (Å²) in [5.74, 6) is 0.434. The lowest BCUT2D eigenvalue weighted by atomic mass is 9.92. The highest BCUT2D eigenvalue weighted by Gasteiger charge is 2.23. The molecule has 100 valence electrons. The SMILES string of the molecule is CC(C)(C)c1nc(-c2ncccc2Cl)nc(Cl)c1Br. The van der Waals surface area contributed by atoms with Crippen LogP contribution in [-0.4, -0.2) is 15.0 Å². The van der Waals surface area contributed by atoms with E-state index in [1.54, 1.807) is 18.3 Å². The van der Waals surface area contributed by atoms with Crippen molar-refractivity contribution in [3.05, 3.63) is 38.7 Å². The topological polar surface area (TPSA) is 38.7 Å². The molecule has 0 aromatic carbocycles.